The second-order valence-corrected chi connectivity index (χ2v) is 8.64. The van der Waals surface area contributed by atoms with Gasteiger partial charge in [0.1, 0.15) is 11.5 Å². The fourth-order valence-corrected chi connectivity index (χ4v) is 4.07. The van der Waals surface area contributed by atoms with Crippen molar-refractivity contribution in [3.63, 3.8) is 0 Å². The van der Waals surface area contributed by atoms with Gasteiger partial charge in [-0.15, -0.1) is 0 Å². The Labute approximate surface area is 218 Å². The lowest BCUT2D eigenvalue weighted by atomic mass is 10.2. The molecule has 3 rings (SSSR count). The zero-order valence-electron chi connectivity index (χ0n) is 18.7. The molecule has 0 saturated carbocycles. The maximum Gasteiger partial charge on any atom is 0.271 e. The van der Waals surface area contributed by atoms with Gasteiger partial charge in [-0.1, -0.05) is 12.1 Å². The summed E-state index contributed by atoms with van der Waals surface area (Å²) in [5.41, 5.74) is 3.88. The highest BCUT2D eigenvalue weighted by atomic mass is 79.9. The van der Waals surface area contributed by atoms with Crippen molar-refractivity contribution in [3.05, 3.63) is 74.7 Å². The summed E-state index contributed by atoms with van der Waals surface area (Å²) in [6.07, 6.45) is 1.43. The summed E-state index contributed by atoms with van der Waals surface area (Å²) in [5, 5.41) is 16.4. The largest absolute Gasteiger partial charge is 0.506 e. The highest BCUT2D eigenvalue weighted by Gasteiger charge is 2.12. The molecule has 0 heterocycles. The molecule has 0 spiro atoms. The molecule has 0 atom stereocenters. The third-order valence-corrected chi connectivity index (χ3v) is 5.80. The van der Waals surface area contributed by atoms with Gasteiger partial charge in [0.05, 0.1) is 35.1 Å². The first kappa shape index (κ1) is 26.0. The van der Waals surface area contributed by atoms with Gasteiger partial charge in [0.25, 0.3) is 11.8 Å². The smallest absolute Gasteiger partial charge is 0.271 e. The van der Waals surface area contributed by atoms with E-state index in [2.05, 4.69) is 47.7 Å². The lowest BCUT2D eigenvalue weighted by molar-refractivity contribution is -0.118. The van der Waals surface area contributed by atoms with Gasteiger partial charge in [0.2, 0.25) is 0 Å². The second kappa shape index (κ2) is 12.2. The van der Waals surface area contributed by atoms with E-state index in [0.717, 1.165) is 0 Å². The average molecular weight is 607 g/mol. The number of amides is 2. The predicted molar refractivity (Wildman–Crippen MR) is 139 cm³/mol. The Morgan fingerprint density at radius 1 is 0.971 bits per heavy atom. The van der Waals surface area contributed by atoms with E-state index in [1.54, 1.807) is 42.5 Å². The number of ether oxygens (including phenoxy) is 3. The predicted octanol–water partition coefficient (Wildman–Crippen LogP) is 4.72. The van der Waals surface area contributed by atoms with Crippen molar-refractivity contribution in [2.75, 3.05) is 26.1 Å². The van der Waals surface area contributed by atoms with E-state index < -0.39 is 5.91 Å². The molecule has 0 fully saturated rings. The van der Waals surface area contributed by atoms with E-state index in [9.17, 15) is 14.7 Å². The minimum Gasteiger partial charge on any atom is -0.506 e. The van der Waals surface area contributed by atoms with Gasteiger partial charge < -0.3 is 24.6 Å². The van der Waals surface area contributed by atoms with Crippen LogP contribution in [-0.4, -0.2) is 44.0 Å². The van der Waals surface area contributed by atoms with Crippen molar-refractivity contribution < 1.29 is 28.9 Å². The molecule has 182 valence electrons. The van der Waals surface area contributed by atoms with E-state index in [0.29, 0.717) is 43.0 Å². The molecule has 0 bridgehead atoms. The number of carbonyl (C=O) groups excluding carboxylic acids is 2. The molecule has 3 N–H and O–H groups in total. The van der Waals surface area contributed by atoms with Crippen LogP contribution < -0.4 is 25.0 Å². The lowest BCUT2D eigenvalue weighted by Crippen LogP contribution is -2.20. The molecule has 35 heavy (non-hydrogen) atoms. The van der Waals surface area contributed by atoms with Crippen LogP contribution >= 0.6 is 31.9 Å². The van der Waals surface area contributed by atoms with Gasteiger partial charge in [-0.05, 0) is 79.9 Å². The fourth-order valence-electron chi connectivity index (χ4n) is 2.89. The average Bonchev–Trinajstić information content (AvgIpc) is 2.86. The summed E-state index contributed by atoms with van der Waals surface area (Å²) in [6.45, 7) is -0.240. The Balaban J connectivity index is 1.60. The van der Waals surface area contributed by atoms with Gasteiger partial charge in [-0.25, -0.2) is 5.43 Å². The first-order chi connectivity index (χ1) is 16.8. The summed E-state index contributed by atoms with van der Waals surface area (Å²) < 4.78 is 16.9. The highest BCUT2D eigenvalue weighted by molar-refractivity contribution is 9.11. The van der Waals surface area contributed by atoms with Crippen molar-refractivity contribution in [1.29, 1.82) is 0 Å². The maximum absolute atomic E-state index is 12.3. The van der Waals surface area contributed by atoms with Crippen LogP contribution in [0.1, 0.15) is 15.9 Å². The van der Waals surface area contributed by atoms with Gasteiger partial charge in [0, 0.05) is 5.56 Å². The Bertz CT molecular complexity index is 1240. The van der Waals surface area contributed by atoms with Crippen LogP contribution in [0.2, 0.25) is 0 Å². The third-order valence-electron chi connectivity index (χ3n) is 4.59. The van der Waals surface area contributed by atoms with Crippen LogP contribution in [0, 0.1) is 0 Å². The van der Waals surface area contributed by atoms with E-state index in [1.807, 2.05) is 0 Å². The number of methoxy groups -OCH3 is 2. The molecule has 0 unspecified atom stereocenters. The van der Waals surface area contributed by atoms with Gasteiger partial charge in [-0.3, -0.25) is 9.59 Å². The number of nitrogens with one attached hydrogen (secondary N) is 2. The maximum atomic E-state index is 12.3. The summed E-state index contributed by atoms with van der Waals surface area (Å²) in [5.74, 6) is 0.462. The molecular weight excluding hydrogens is 586 g/mol. The van der Waals surface area contributed by atoms with E-state index in [4.69, 9.17) is 14.2 Å². The number of carbonyl (C=O) groups is 2. The zero-order valence-corrected chi connectivity index (χ0v) is 21.8. The third kappa shape index (κ3) is 6.96. The Morgan fingerprint density at radius 3 is 2.34 bits per heavy atom. The highest BCUT2D eigenvalue weighted by Crippen LogP contribution is 2.33. The number of hydrogen-bond donors (Lipinski definition) is 3. The molecule has 3 aromatic carbocycles. The molecule has 0 aromatic heterocycles. The quantitative estimate of drug-likeness (QED) is 0.240. The number of benzene rings is 3. The lowest BCUT2D eigenvalue weighted by Gasteiger charge is -2.12. The second-order valence-electron chi connectivity index (χ2n) is 6.94. The molecule has 3 aromatic rings. The van der Waals surface area contributed by atoms with Crippen molar-refractivity contribution in [3.8, 4) is 23.0 Å². The molecule has 0 aliphatic rings. The summed E-state index contributed by atoms with van der Waals surface area (Å²) >= 11 is 6.36. The molecule has 0 aliphatic carbocycles. The van der Waals surface area contributed by atoms with Gasteiger partial charge >= 0.3 is 0 Å². The van der Waals surface area contributed by atoms with Crippen LogP contribution in [0.5, 0.6) is 23.0 Å². The summed E-state index contributed by atoms with van der Waals surface area (Å²) in [7, 11) is 2.99. The topological polar surface area (TPSA) is 118 Å². The number of anilines is 1. The summed E-state index contributed by atoms with van der Waals surface area (Å²) in [4.78, 5) is 24.6. The number of nitrogens with zero attached hydrogens (tertiary/aromatic N) is 1. The molecular formula is C24H21Br2N3O6. The number of halogens is 2. The van der Waals surface area contributed by atoms with Gasteiger partial charge in [0.15, 0.2) is 18.1 Å². The minimum atomic E-state index is -0.462. The standard InChI is InChI=1S/C24H21Br2N3O6/c1-33-19-6-4-3-5-18(19)28-22(30)13-35-20-8-7-14(9-21(20)34-2)12-27-29-24(32)15-10-16(25)23(31)17(26)11-15/h3-12,31H,13H2,1-2H3,(H,28,30)(H,29,32)/b27-12-. The normalized spacial score (nSPS) is 10.6. The van der Waals surface area contributed by atoms with E-state index in [-0.39, 0.29) is 18.3 Å². The molecule has 2 amide bonds. The Morgan fingerprint density at radius 2 is 1.66 bits per heavy atom. The Hall–Kier alpha value is -3.57. The Kier molecular flexibility index (Phi) is 9.10. The summed E-state index contributed by atoms with van der Waals surface area (Å²) in [6, 6.07) is 15.0. The monoisotopic (exact) mass is 605 g/mol. The SMILES string of the molecule is COc1ccccc1NC(=O)COc1ccc(/C=N\NC(=O)c2cc(Br)c(O)c(Br)c2)cc1OC. The molecule has 0 saturated heterocycles. The number of phenols is 1. The van der Waals surface area contributed by atoms with Crippen LogP contribution in [0.25, 0.3) is 0 Å². The van der Waals surface area contributed by atoms with Gasteiger partial charge in [-0.2, -0.15) is 5.10 Å². The van der Waals surface area contributed by atoms with E-state index >= 15 is 0 Å². The van der Waals surface area contributed by atoms with Crippen molar-refractivity contribution >= 4 is 55.6 Å². The number of hydrogen-bond acceptors (Lipinski definition) is 7. The van der Waals surface area contributed by atoms with Crippen molar-refractivity contribution in [1.82, 2.24) is 5.43 Å². The van der Waals surface area contributed by atoms with Crippen LogP contribution in [-0.2, 0) is 4.79 Å². The number of hydrazone groups is 1. The first-order valence-corrected chi connectivity index (χ1v) is 11.7. The molecule has 0 radical (unpaired) electrons. The fraction of sp³-hybridized carbons (Fsp3) is 0.125. The van der Waals surface area contributed by atoms with Crippen LogP contribution in [0.4, 0.5) is 5.69 Å². The first-order valence-electron chi connectivity index (χ1n) is 10.1. The zero-order chi connectivity index (χ0) is 25.4. The van der Waals surface area contributed by atoms with E-state index in [1.165, 1.54) is 32.6 Å². The molecule has 9 nitrogen and oxygen atoms in total. The van der Waals surface area contributed by atoms with Crippen LogP contribution in [0.15, 0.2) is 68.6 Å². The number of aromatic hydroxyl groups is 1. The minimum absolute atomic E-state index is 0.00303. The molecule has 0 aliphatic heterocycles. The number of phenolic OH excluding ortho intramolecular Hbond substituents is 1. The molecule has 11 heteroatoms. The van der Waals surface area contributed by atoms with Crippen LogP contribution in [0.3, 0.4) is 0 Å². The van der Waals surface area contributed by atoms with Crippen molar-refractivity contribution in [2.45, 2.75) is 0 Å². The number of para-hydroxylation sites is 2. The van der Waals surface area contributed by atoms with Crippen molar-refractivity contribution in [2.24, 2.45) is 5.10 Å². The number of rotatable bonds is 9.